The van der Waals surface area contributed by atoms with Gasteiger partial charge in [0, 0.05) is 36.1 Å². The lowest BCUT2D eigenvalue weighted by Gasteiger charge is -2.09. The summed E-state index contributed by atoms with van der Waals surface area (Å²) in [5.74, 6) is -0.137. The normalized spacial score (nSPS) is 10.2. The van der Waals surface area contributed by atoms with Crippen molar-refractivity contribution in [3.05, 3.63) is 45.4 Å². The maximum absolute atomic E-state index is 12.1. The second kappa shape index (κ2) is 6.54. The number of carbonyl (C=O) groups is 1. The minimum absolute atomic E-state index is 0.137. The minimum atomic E-state index is -0.137. The summed E-state index contributed by atoms with van der Waals surface area (Å²) in [6.45, 7) is 0.554. The Kier molecular flexibility index (Phi) is 4.76. The summed E-state index contributed by atoms with van der Waals surface area (Å²) in [6.07, 6.45) is 0.727. The molecule has 19 heavy (non-hydrogen) atoms. The molecule has 0 saturated heterocycles. The maximum atomic E-state index is 12.1. The molecule has 0 saturated carbocycles. The van der Waals surface area contributed by atoms with Gasteiger partial charge in [0.05, 0.1) is 16.8 Å². The van der Waals surface area contributed by atoms with E-state index in [1.54, 1.807) is 42.1 Å². The number of hydrogen-bond acceptors (Lipinski definition) is 4. The molecule has 1 aromatic heterocycles. The number of rotatable bonds is 5. The van der Waals surface area contributed by atoms with Gasteiger partial charge in [0.25, 0.3) is 5.91 Å². The molecule has 1 amide bonds. The Balaban J connectivity index is 1.97. The van der Waals surface area contributed by atoms with Gasteiger partial charge >= 0.3 is 0 Å². The molecule has 0 aliphatic heterocycles. The maximum Gasteiger partial charge on any atom is 0.253 e. The van der Waals surface area contributed by atoms with Crippen molar-refractivity contribution in [1.82, 2.24) is 10.3 Å². The van der Waals surface area contributed by atoms with Crippen LogP contribution < -0.4 is 10.6 Å². The Hall–Kier alpha value is -1.59. The highest BCUT2D eigenvalue weighted by Gasteiger charge is 2.11. The van der Waals surface area contributed by atoms with Crippen LogP contribution in [0.5, 0.6) is 0 Å². The molecule has 2 rings (SSSR count). The summed E-state index contributed by atoms with van der Waals surface area (Å²) in [5.41, 5.74) is 4.09. The van der Waals surface area contributed by atoms with Crippen LogP contribution in [-0.4, -0.2) is 24.5 Å². The van der Waals surface area contributed by atoms with Crippen LogP contribution in [0.25, 0.3) is 0 Å². The monoisotopic (exact) mass is 295 g/mol. The molecule has 0 radical (unpaired) electrons. The molecule has 0 bridgehead atoms. The second-order valence-electron chi connectivity index (χ2n) is 3.93. The van der Waals surface area contributed by atoms with Crippen molar-refractivity contribution in [1.29, 1.82) is 0 Å². The highest BCUT2D eigenvalue weighted by atomic mass is 35.5. The van der Waals surface area contributed by atoms with Gasteiger partial charge in [0.1, 0.15) is 0 Å². The number of hydrogen-bond donors (Lipinski definition) is 2. The molecule has 2 aromatic rings. The van der Waals surface area contributed by atoms with E-state index in [0.717, 1.165) is 17.8 Å². The highest BCUT2D eigenvalue weighted by molar-refractivity contribution is 7.07. The highest BCUT2D eigenvalue weighted by Crippen LogP contribution is 2.20. The average Bonchev–Trinajstić information content (AvgIpc) is 2.91. The third-order valence-corrected chi connectivity index (χ3v) is 3.52. The number of thiazole rings is 1. The fourth-order valence-electron chi connectivity index (χ4n) is 1.68. The van der Waals surface area contributed by atoms with Crippen molar-refractivity contribution in [2.45, 2.75) is 6.42 Å². The van der Waals surface area contributed by atoms with Crippen LogP contribution in [0.1, 0.15) is 16.1 Å². The van der Waals surface area contributed by atoms with Crippen molar-refractivity contribution < 1.29 is 4.79 Å². The van der Waals surface area contributed by atoms with Crippen molar-refractivity contribution in [3.63, 3.8) is 0 Å². The lowest BCUT2D eigenvalue weighted by Crippen LogP contribution is -2.26. The summed E-state index contributed by atoms with van der Waals surface area (Å²) in [6, 6.07) is 5.20. The summed E-state index contributed by atoms with van der Waals surface area (Å²) < 4.78 is 0. The van der Waals surface area contributed by atoms with Crippen LogP contribution in [0.15, 0.2) is 29.1 Å². The van der Waals surface area contributed by atoms with Crippen LogP contribution in [0.2, 0.25) is 5.02 Å². The molecule has 0 aliphatic rings. The average molecular weight is 296 g/mol. The van der Waals surface area contributed by atoms with E-state index in [4.69, 9.17) is 11.6 Å². The third kappa shape index (κ3) is 3.68. The lowest BCUT2D eigenvalue weighted by molar-refractivity contribution is 0.0955. The van der Waals surface area contributed by atoms with E-state index in [9.17, 15) is 4.79 Å². The molecule has 0 unspecified atom stereocenters. The zero-order valence-corrected chi connectivity index (χ0v) is 12.0. The van der Waals surface area contributed by atoms with E-state index in [2.05, 4.69) is 15.6 Å². The predicted molar refractivity (Wildman–Crippen MR) is 79.1 cm³/mol. The molecule has 6 heteroatoms. The molecular weight excluding hydrogens is 282 g/mol. The largest absolute Gasteiger partial charge is 0.387 e. The fraction of sp³-hybridized carbons (Fsp3) is 0.231. The van der Waals surface area contributed by atoms with Crippen molar-refractivity contribution in [2.24, 2.45) is 0 Å². The lowest BCUT2D eigenvalue weighted by atomic mass is 10.1. The molecule has 4 nitrogen and oxygen atoms in total. The Morgan fingerprint density at radius 1 is 1.47 bits per heavy atom. The van der Waals surface area contributed by atoms with Crippen molar-refractivity contribution in [3.8, 4) is 0 Å². The number of nitrogens with one attached hydrogen (secondary N) is 2. The zero-order chi connectivity index (χ0) is 13.7. The van der Waals surface area contributed by atoms with Crippen LogP contribution in [-0.2, 0) is 6.42 Å². The molecular formula is C13H14ClN3OS. The Morgan fingerprint density at radius 2 is 2.32 bits per heavy atom. The van der Waals surface area contributed by atoms with Gasteiger partial charge in [-0.05, 0) is 18.2 Å². The SMILES string of the molecule is CNc1ccc(Cl)cc1C(=O)NCCc1cscn1. The minimum Gasteiger partial charge on any atom is -0.387 e. The van der Waals surface area contributed by atoms with E-state index >= 15 is 0 Å². The first kappa shape index (κ1) is 13.8. The quantitative estimate of drug-likeness (QED) is 0.892. The summed E-state index contributed by atoms with van der Waals surface area (Å²) in [4.78, 5) is 16.2. The van der Waals surface area contributed by atoms with Crippen molar-refractivity contribution >= 4 is 34.5 Å². The third-order valence-electron chi connectivity index (χ3n) is 2.65. The first-order chi connectivity index (χ1) is 9.20. The summed E-state index contributed by atoms with van der Waals surface area (Å²) in [7, 11) is 1.77. The van der Waals surface area contributed by atoms with Gasteiger partial charge in [-0.2, -0.15) is 0 Å². The van der Waals surface area contributed by atoms with Gasteiger partial charge in [-0.3, -0.25) is 4.79 Å². The molecule has 0 atom stereocenters. The smallest absolute Gasteiger partial charge is 0.253 e. The van der Waals surface area contributed by atoms with Crippen molar-refractivity contribution in [2.75, 3.05) is 18.9 Å². The standard InChI is InChI=1S/C13H14ClN3OS/c1-15-12-3-2-9(14)6-11(12)13(18)16-5-4-10-7-19-8-17-10/h2-3,6-8,15H,4-5H2,1H3,(H,16,18). The van der Waals surface area contributed by atoms with Gasteiger partial charge in [-0.25, -0.2) is 4.98 Å². The summed E-state index contributed by atoms with van der Waals surface area (Å²) >= 11 is 7.47. The van der Waals surface area contributed by atoms with Crippen LogP contribution in [0.3, 0.4) is 0 Å². The number of carbonyl (C=O) groups excluding carboxylic acids is 1. The molecule has 1 aromatic carbocycles. The van der Waals surface area contributed by atoms with Crippen LogP contribution in [0.4, 0.5) is 5.69 Å². The first-order valence-corrected chi connectivity index (χ1v) is 7.15. The number of aromatic nitrogens is 1. The number of amides is 1. The van der Waals surface area contributed by atoms with Crippen LogP contribution >= 0.6 is 22.9 Å². The van der Waals surface area contributed by atoms with E-state index in [1.807, 2.05) is 5.38 Å². The molecule has 1 heterocycles. The molecule has 0 spiro atoms. The van der Waals surface area contributed by atoms with E-state index < -0.39 is 0 Å². The van der Waals surface area contributed by atoms with Gasteiger partial charge in [-0.1, -0.05) is 11.6 Å². The van der Waals surface area contributed by atoms with Gasteiger partial charge < -0.3 is 10.6 Å². The molecule has 100 valence electrons. The number of benzene rings is 1. The Morgan fingerprint density at radius 3 is 3.00 bits per heavy atom. The Labute approximate surface area is 120 Å². The first-order valence-electron chi connectivity index (χ1n) is 5.83. The number of nitrogens with zero attached hydrogens (tertiary/aromatic N) is 1. The second-order valence-corrected chi connectivity index (χ2v) is 5.08. The van der Waals surface area contributed by atoms with Gasteiger partial charge in [0.15, 0.2) is 0 Å². The number of anilines is 1. The van der Waals surface area contributed by atoms with Gasteiger partial charge in [-0.15, -0.1) is 11.3 Å². The van der Waals surface area contributed by atoms with Gasteiger partial charge in [0.2, 0.25) is 0 Å². The fourth-order valence-corrected chi connectivity index (χ4v) is 2.45. The van der Waals surface area contributed by atoms with Crippen LogP contribution in [0, 0.1) is 0 Å². The van der Waals surface area contributed by atoms with E-state index in [0.29, 0.717) is 17.1 Å². The summed E-state index contributed by atoms with van der Waals surface area (Å²) in [5, 5.41) is 8.37. The molecule has 0 aliphatic carbocycles. The van der Waals surface area contributed by atoms with E-state index in [-0.39, 0.29) is 5.91 Å². The zero-order valence-electron chi connectivity index (χ0n) is 10.4. The predicted octanol–water partition coefficient (Wildman–Crippen LogP) is 2.81. The number of halogens is 1. The van der Waals surface area contributed by atoms with E-state index in [1.165, 1.54) is 0 Å². The molecule has 0 fully saturated rings. The molecule has 2 N–H and O–H groups in total. The topological polar surface area (TPSA) is 54.0 Å². The Bertz CT molecular complexity index is 557.